The van der Waals surface area contributed by atoms with E-state index in [9.17, 15) is 4.79 Å². The van der Waals surface area contributed by atoms with Crippen molar-refractivity contribution < 1.29 is 19.0 Å². The number of amides is 1. The molecule has 2 aromatic rings. The maximum absolute atomic E-state index is 11.0. The number of ether oxygens (including phenoxy) is 3. The zero-order chi connectivity index (χ0) is 19.5. The van der Waals surface area contributed by atoms with Crippen molar-refractivity contribution in [2.75, 3.05) is 20.3 Å². The van der Waals surface area contributed by atoms with Gasteiger partial charge >= 0.3 is 6.09 Å². The summed E-state index contributed by atoms with van der Waals surface area (Å²) in [6, 6.07) is 15.5. The van der Waals surface area contributed by atoms with Gasteiger partial charge in [-0.3, -0.25) is 0 Å². The molecule has 6 nitrogen and oxygen atoms in total. The van der Waals surface area contributed by atoms with Crippen LogP contribution >= 0.6 is 0 Å². The molecular formula is C21H26N2O4. The molecule has 0 aliphatic carbocycles. The Hall–Kier alpha value is -3.02. The molecule has 1 atom stereocenters. The van der Waals surface area contributed by atoms with Gasteiger partial charge in [0, 0.05) is 0 Å². The second kappa shape index (κ2) is 10.9. The second-order valence-electron chi connectivity index (χ2n) is 5.98. The average Bonchev–Trinajstić information content (AvgIpc) is 2.71. The number of hydrogen-bond acceptors (Lipinski definition) is 5. The van der Waals surface area contributed by atoms with Crippen LogP contribution in [0.5, 0.6) is 11.5 Å². The number of methoxy groups -OCH3 is 1. The van der Waals surface area contributed by atoms with Gasteiger partial charge in [0.05, 0.1) is 13.3 Å². The highest BCUT2D eigenvalue weighted by Crippen LogP contribution is 2.28. The summed E-state index contributed by atoms with van der Waals surface area (Å²) in [6.07, 6.45) is 1.96. The van der Waals surface area contributed by atoms with Gasteiger partial charge in [0.15, 0.2) is 0 Å². The Morgan fingerprint density at radius 3 is 2.70 bits per heavy atom. The summed E-state index contributed by atoms with van der Waals surface area (Å²) in [5.74, 6) is 2.07. The molecule has 0 radical (unpaired) electrons. The average molecular weight is 370 g/mol. The molecule has 27 heavy (non-hydrogen) atoms. The number of hydrogen-bond donors (Lipinski definition) is 1. The summed E-state index contributed by atoms with van der Waals surface area (Å²) >= 11 is 0. The Kier molecular flexibility index (Phi) is 8.16. The highest BCUT2D eigenvalue weighted by atomic mass is 16.5. The molecule has 2 rings (SSSR count). The molecule has 1 amide bonds. The van der Waals surface area contributed by atoms with Gasteiger partial charge in [0.1, 0.15) is 24.7 Å². The van der Waals surface area contributed by atoms with Gasteiger partial charge in [-0.05, 0) is 41.7 Å². The van der Waals surface area contributed by atoms with Gasteiger partial charge in [0.2, 0.25) is 0 Å². The third-order valence-electron chi connectivity index (χ3n) is 4.08. The highest BCUT2D eigenvalue weighted by Gasteiger charge is 2.09. The molecule has 0 saturated carbocycles. The van der Waals surface area contributed by atoms with Gasteiger partial charge in [-0.1, -0.05) is 44.2 Å². The lowest BCUT2D eigenvalue weighted by atomic mass is 9.98. The van der Waals surface area contributed by atoms with Gasteiger partial charge in [0.25, 0.3) is 0 Å². The van der Waals surface area contributed by atoms with Crippen molar-refractivity contribution in [1.29, 1.82) is 0 Å². The van der Waals surface area contributed by atoms with Crippen LogP contribution in [0.3, 0.4) is 0 Å². The van der Waals surface area contributed by atoms with Crippen molar-refractivity contribution in [3.05, 3.63) is 59.7 Å². The minimum atomic E-state index is -0.617. The van der Waals surface area contributed by atoms with Crippen molar-refractivity contribution in [2.24, 2.45) is 5.10 Å². The lowest BCUT2D eigenvalue weighted by Crippen LogP contribution is -2.16. The van der Waals surface area contributed by atoms with Gasteiger partial charge in [-0.15, -0.1) is 0 Å². The van der Waals surface area contributed by atoms with Crippen LogP contribution in [0.25, 0.3) is 0 Å². The molecule has 0 aliphatic rings. The summed E-state index contributed by atoms with van der Waals surface area (Å²) in [5.41, 5.74) is 4.25. The molecule has 6 heteroatoms. The van der Waals surface area contributed by atoms with Crippen LogP contribution in [-0.2, 0) is 4.74 Å². The summed E-state index contributed by atoms with van der Waals surface area (Å²) in [6.45, 7) is 5.24. The maximum atomic E-state index is 11.0. The van der Waals surface area contributed by atoms with Crippen molar-refractivity contribution in [3.8, 4) is 11.5 Å². The number of para-hydroxylation sites is 1. The predicted octanol–water partition coefficient (Wildman–Crippen LogP) is 4.35. The van der Waals surface area contributed by atoms with E-state index in [1.165, 1.54) is 18.9 Å². The standard InChI is InChI=1S/C21H26N2O4/c1-4-16(2)19-10-5-6-11-20(19)27-13-12-26-18-9-7-8-17(14-18)15-22-23-21(24)25-3/h5-11,14-16H,4,12-13H2,1-3H3,(H,23,24)/b22-15+. The number of rotatable bonds is 9. The monoisotopic (exact) mass is 370 g/mol. The molecule has 144 valence electrons. The minimum absolute atomic E-state index is 0.426. The third-order valence-corrected chi connectivity index (χ3v) is 4.08. The largest absolute Gasteiger partial charge is 0.490 e. The van der Waals surface area contributed by atoms with Crippen molar-refractivity contribution in [1.82, 2.24) is 5.43 Å². The molecule has 0 heterocycles. The SMILES string of the molecule is CCC(C)c1ccccc1OCCOc1cccc(/C=N/NC(=O)OC)c1. The van der Waals surface area contributed by atoms with E-state index >= 15 is 0 Å². The fourth-order valence-electron chi connectivity index (χ4n) is 2.44. The molecular weight excluding hydrogens is 344 g/mol. The molecule has 0 aliphatic heterocycles. The maximum Gasteiger partial charge on any atom is 0.427 e. The first kappa shape index (κ1) is 20.3. The first-order chi connectivity index (χ1) is 13.1. The Labute approximate surface area is 160 Å². The van der Waals surface area contributed by atoms with Crippen LogP contribution in [0, 0.1) is 0 Å². The summed E-state index contributed by atoms with van der Waals surface area (Å²) in [4.78, 5) is 11.0. The fraction of sp³-hybridized carbons (Fsp3) is 0.333. The number of carbonyl (C=O) groups excluding carboxylic acids is 1. The Morgan fingerprint density at radius 1 is 1.15 bits per heavy atom. The van der Waals surface area contributed by atoms with E-state index in [-0.39, 0.29) is 0 Å². The molecule has 0 aromatic heterocycles. The molecule has 0 fully saturated rings. The van der Waals surface area contributed by atoms with Crippen LogP contribution in [0.4, 0.5) is 4.79 Å². The van der Waals surface area contributed by atoms with Gasteiger partial charge in [-0.2, -0.15) is 5.10 Å². The van der Waals surface area contributed by atoms with E-state index in [4.69, 9.17) is 9.47 Å². The normalized spacial score (nSPS) is 11.8. The molecule has 0 bridgehead atoms. The van der Waals surface area contributed by atoms with E-state index in [2.05, 4.69) is 35.2 Å². The van der Waals surface area contributed by atoms with E-state index in [0.717, 1.165) is 17.7 Å². The molecule has 0 saturated heterocycles. The number of nitrogens with one attached hydrogen (secondary N) is 1. The van der Waals surface area contributed by atoms with Crippen molar-refractivity contribution in [2.45, 2.75) is 26.2 Å². The molecule has 0 spiro atoms. The van der Waals surface area contributed by atoms with Crippen LogP contribution in [0.15, 0.2) is 53.6 Å². The summed E-state index contributed by atoms with van der Waals surface area (Å²) in [5, 5.41) is 3.79. The smallest absolute Gasteiger partial charge is 0.427 e. The first-order valence-corrected chi connectivity index (χ1v) is 8.95. The van der Waals surface area contributed by atoms with Crippen LogP contribution in [0.2, 0.25) is 0 Å². The Bertz CT molecular complexity index is 761. The van der Waals surface area contributed by atoms with Crippen molar-refractivity contribution >= 4 is 12.3 Å². The predicted molar refractivity (Wildman–Crippen MR) is 106 cm³/mol. The number of carbonyl (C=O) groups is 1. The number of nitrogens with zero attached hydrogens (tertiary/aromatic N) is 1. The van der Waals surface area contributed by atoms with Gasteiger partial charge < -0.3 is 14.2 Å². The summed E-state index contributed by atoms with van der Waals surface area (Å²) in [7, 11) is 1.28. The number of benzene rings is 2. The molecule has 1 N–H and O–H groups in total. The van der Waals surface area contributed by atoms with Crippen molar-refractivity contribution in [3.63, 3.8) is 0 Å². The van der Waals surface area contributed by atoms with Gasteiger partial charge in [-0.25, -0.2) is 10.2 Å². The highest BCUT2D eigenvalue weighted by molar-refractivity contribution is 5.81. The van der Waals surface area contributed by atoms with Crippen LogP contribution in [-0.4, -0.2) is 32.6 Å². The zero-order valence-corrected chi connectivity index (χ0v) is 16.0. The second-order valence-corrected chi connectivity index (χ2v) is 5.98. The van der Waals surface area contributed by atoms with E-state index in [0.29, 0.717) is 24.9 Å². The fourth-order valence-corrected chi connectivity index (χ4v) is 2.44. The first-order valence-electron chi connectivity index (χ1n) is 8.95. The van der Waals surface area contributed by atoms with Crippen LogP contribution in [0.1, 0.15) is 37.3 Å². The third kappa shape index (κ3) is 6.66. The topological polar surface area (TPSA) is 69.2 Å². The molecule has 2 aromatic carbocycles. The minimum Gasteiger partial charge on any atom is -0.490 e. The Balaban J connectivity index is 1.84. The number of hydrazone groups is 1. The van der Waals surface area contributed by atoms with E-state index < -0.39 is 6.09 Å². The van der Waals surface area contributed by atoms with Crippen LogP contribution < -0.4 is 14.9 Å². The lowest BCUT2D eigenvalue weighted by Gasteiger charge is -2.16. The lowest BCUT2D eigenvalue weighted by molar-refractivity contribution is 0.171. The zero-order valence-electron chi connectivity index (χ0n) is 16.0. The Morgan fingerprint density at radius 2 is 1.93 bits per heavy atom. The summed E-state index contributed by atoms with van der Waals surface area (Å²) < 4.78 is 16.1. The quantitative estimate of drug-likeness (QED) is 0.405. The van der Waals surface area contributed by atoms with E-state index in [1.807, 2.05) is 42.5 Å². The molecule has 1 unspecified atom stereocenters. The van der Waals surface area contributed by atoms with E-state index in [1.54, 1.807) is 0 Å².